The van der Waals surface area contributed by atoms with Crippen LogP contribution in [0, 0.1) is 5.92 Å². The van der Waals surface area contributed by atoms with E-state index in [-0.39, 0.29) is 41.3 Å². The van der Waals surface area contributed by atoms with Gasteiger partial charge in [0.2, 0.25) is 0 Å². The van der Waals surface area contributed by atoms with Gasteiger partial charge in [0.25, 0.3) is 0 Å². The van der Waals surface area contributed by atoms with Gasteiger partial charge in [-0.25, -0.2) is 0 Å². The Balaban J connectivity index is 1.66. The number of carbonyl (C=O) groups is 1. The normalized spacial score (nSPS) is 25.0. The molecule has 4 unspecified atom stereocenters. The van der Waals surface area contributed by atoms with Gasteiger partial charge in [-0.2, -0.15) is 0 Å². The van der Waals surface area contributed by atoms with Gasteiger partial charge in [-0.05, 0) is 77.3 Å². The zero-order valence-electron chi connectivity index (χ0n) is 20.7. The van der Waals surface area contributed by atoms with Gasteiger partial charge in [0.05, 0.1) is 19.3 Å². The van der Waals surface area contributed by atoms with Crippen LogP contribution in [0.4, 0.5) is 0 Å². The minimum atomic E-state index is -0.748. The number of ketones is 1. The van der Waals surface area contributed by atoms with Crippen LogP contribution in [0.2, 0.25) is 0 Å². The monoisotopic (exact) mass is 540 g/mol. The largest absolute Gasteiger partial charge is 0.508 e. The van der Waals surface area contributed by atoms with Gasteiger partial charge in [-0.15, -0.1) is 0 Å². The van der Waals surface area contributed by atoms with Crippen molar-refractivity contribution in [1.82, 2.24) is 0 Å². The molecule has 196 valence electrons. The van der Waals surface area contributed by atoms with Crippen LogP contribution >= 0.6 is 21.6 Å². The second kappa shape index (κ2) is 11.2. The van der Waals surface area contributed by atoms with Crippen molar-refractivity contribution < 1.29 is 30.0 Å². The molecule has 2 heterocycles. The lowest BCUT2D eigenvalue weighted by Gasteiger charge is -2.34. The van der Waals surface area contributed by atoms with Crippen molar-refractivity contribution in [2.45, 2.75) is 61.7 Å². The van der Waals surface area contributed by atoms with Crippen LogP contribution in [-0.2, 0) is 17.0 Å². The zero-order valence-corrected chi connectivity index (χ0v) is 22.4. The van der Waals surface area contributed by atoms with E-state index in [1.807, 2.05) is 24.3 Å². The maximum absolute atomic E-state index is 12.9. The summed E-state index contributed by atoms with van der Waals surface area (Å²) in [6.45, 7) is 0. The number of aryl methyl sites for hydroxylation is 1. The summed E-state index contributed by atoms with van der Waals surface area (Å²) in [5.74, 6) is 1.04. The number of fused-ring (bicyclic) bond motifs is 9. The number of aliphatic hydroxyl groups excluding tert-OH is 2. The van der Waals surface area contributed by atoms with E-state index in [4.69, 9.17) is 4.74 Å². The molecule has 1 aliphatic carbocycles. The highest BCUT2D eigenvalue weighted by Crippen LogP contribution is 2.47. The first-order valence-electron chi connectivity index (χ1n) is 12.7. The molecule has 2 bridgehead atoms. The number of hydrogen-bond donors (Lipinski definition) is 4. The molecule has 1 fully saturated rings. The van der Waals surface area contributed by atoms with E-state index in [0.717, 1.165) is 45.9 Å². The average molecular weight is 541 g/mol. The van der Waals surface area contributed by atoms with Crippen molar-refractivity contribution in [3.63, 3.8) is 0 Å². The molecular formula is C29H32O6S2. The quantitative estimate of drug-likeness (QED) is 0.295. The lowest BCUT2D eigenvalue weighted by molar-refractivity contribution is -0.122. The summed E-state index contributed by atoms with van der Waals surface area (Å²) >= 11 is 0. The fourth-order valence-electron chi connectivity index (χ4n) is 5.65. The minimum absolute atomic E-state index is 0.0156. The summed E-state index contributed by atoms with van der Waals surface area (Å²) in [5.41, 5.74) is 3.47. The van der Waals surface area contributed by atoms with E-state index in [0.29, 0.717) is 24.3 Å². The Morgan fingerprint density at radius 2 is 1.78 bits per heavy atom. The molecule has 3 aromatic rings. The molecule has 3 aliphatic rings. The first-order valence-corrected chi connectivity index (χ1v) is 15.0. The number of hydrogen-bond acceptors (Lipinski definition) is 8. The number of Topliss-reactive ketones (excluding diaryl/α,β-unsaturated/α-hetero) is 1. The second-order valence-electron chi connectivity index (χ2n) is 10.00. The molecule has 0 radical (unpaired) electrons. The number of benzene rings is 3. The van der Waals surface area contributed by atoms with Gasteiger partial charge in [-0.3, -0.25) is 4.79 Å². The topological polar surface area (TPSA) is 107 Å². The molecule has 0 saturated heterocycles. The third-order valence-electron chi connectivity index (χ3n) is 7.66. The van der Waals surface area contributed by atoms with Gasteiger partial charge < -0.3 is 25.2 Å². The van der Waals surface area contributed by atoms with Crippen molar-refractivity contribution in [2.75, 3.05) is 7.11 Å². The van der Waals surface area contributed by atoms with Crippen molar-refractivity contribution in [3.05, 3.63) is 53.6 Å². The van der Waals surface area contributed by atoms with E-state index in [1.54, 1.807) is 39.8 Å². The standard InChI is InChI=1S/C29H32O6S2/c1-35-29-24(32)10-5-17-3-8-20(31)14-25(33)18-6-11-27(26(34)12-18)37-36-15-23-21(28(17)29)9-4-16-2-7-19(30)13-22(16)23/h2,4-5,7,9-10,13,18,25-27,30,32-34H,3,6,8,11-12,14-15H2,1H3. The van der Waals surface area contributed by atoms with Crippen LogP contribution in [0.5, 0.6) is 17.2 Å². The van der Waals surface area contributed by atoms with Crippen LogP contribution in [-0.4, -0.2) is 50.8 Å². The smallest absolute Gasteiger partial charge is 0.168 e. The number of phenols is 2. The van der Waals surface area contributed by atoms with Gasteiger partial charge >= 0.3 is 0 Å². The van der Waals surface area contributed by atoms with E-state index in [1.165, 1.54) is 7.11 Å². The van der Waals surface area contributed by atoms with Crippen LogP contribution in [0.1, 0.15) is 43.2 Å². The van der Waals surface area contributed by atoms with E-state index >= 15 is 0 Å². The summed E-state index contributed by atoms with van der Waals surface area (Å²) in [5, 5.41) is 44.5. The molecule has 6 rings (SSSR count). The summed E-state index contributed by atoms with van der Waals surface area (Å²) in [4.78, 5) is 12.9. The molecule has 2 aliphatic heterocycles. The lowest BCUT2D eigenvalue weighted by Crippen LogP contribution is -2.37. The molecule has 0 aromatic heterocycles. The van der Waals surface area contributed by atoms with E-state index in [9.17, 15) is 25.2 Å². The molecule has 4 atom stereocenters. The molecule has 37 heavy (non-hydrogen) atoms. The molecule has 0 amide bonds. The number of methoxy groups -OCH3 is 1. The second-order valence-corrected chi connectivity index (χ2v) is 12.6. The highest BCUT2D eigenvalue weighted by molar-refractivity contribution is 8.76. The van der Waals surface area contributed by atoms with Crippen molar-refractivity contribution in [2.24, 2.45) is 5.92 Å². The highest BCUT2D eigenvalue weighted by atomic mass is 33.1. The Morgan fingerprint density at radius 3 is 2.57 bits per heavy atom. The Hall–Kier alpha value is -2.39. The number of aromatic hydroxyl groups is 2. The summed E-state index contributed by atoms with van der Waals surface area (Å²) in [6, 6.07) is 12.7. The van der Waals surface area contributed by atoms with Gasteiger partial charge in [-0.1, -0.05) is 45.9 Å². The maximum Gasteiger partial charge on any atom is 0.168 e. The first-order chi connectivity index (χ1) is 17.9. The van der Waals surface area contributed by atoms with Crippen LogP contribution in [0.3, 0.4) is 0 Å². The molecule has 0 spiro atoms. The number of rotatable bonds is 1. The number of aliphatic hydroxyl groups is 2. The first kappa shape index (κ1) is 26.2. The molecule has 3 aromatic carbocycles. The summed E-state index contributed by atoms with van der Waals surface area (Å²) in [7, 11) is 4.83. The van der Waals surface area contributed by atoms with Crippen molar-refractivity contribution in [1.29, 1.82) is 0 Å². The average Bonchev–Trinajstić information content (AvgIpc) is 2.88. The van der Waals surface area contributed by atoms with E-state index < -0.39 is 12.2 Å². The SMILES string of the molecule is COc1c(O)ccc2c1-c1ccc3ccc(O)cc3c1CSSC1CCC(CC1O)C(O)CC(=O)CC2. The summed E-state index contributed by atoms with van der Waals surface area (Å²) < 4.78 is 5.67. The number of phenolic OH excluding ortho intramolecular Hbond substituents is 2. The zero-order chi connectivity index (χ0) is 26.1. The van der Waals surface area contributed by atoms with Crippen LogP contribution < -0.4 is 4.74 Å². The molecule has 4 N–H and O–H groups in total. The fraction of sp³-hybridized carbons (Fsp3) is 0.414. The van der Waals surface area contributed by atoms with E-state index in [2.05, 4.69) is 0 Å². The predicted octanol–water partition coefficient (Wildman–Crippen LogP) is 5.60. The fourth-order valence-corrected chi connectivity index (χ4v) is 8.55. The molecule has 8 heteroatoms. The van der Waals surface area contributed by atoms with Crippen molar-refractivity contribution >= 4 is 38.1 Å². The van der Waals surface area contributed by atoms with Gasteiger partial charge in [0.1, 0.15) is 11.5 Å². The Labute approximate surface area is 224 Å². The van der Waals surface area contributed by atoms with Crippen molar-refractivity contribution in [3.8, 4) is 28.4 Å². The summed E-state index contributed by atoms with van der Waals surface area (Å²) in [6.07, 6.45) is 1.55. The Kier molecular flexibility index (Phi) is 7.91. The third kappa shape index (κ3) is 5.43. The maximum atomic E-state index is 12.9. The third-order valence-corrected chi connectivity index (χ3v) is 10.5. The van der Waals surface area contributed by atoms with Gasteiger partial charge in [0.15, 0.2) is 11.5 Å². The number of carbonyl (C=O) groups excluding carboxylic acids is 1. The minimum Gasteiger partial charge on any atom is -0.508 e. The number of ether oxygens (including phenoxy) is 1. The Morgan fingerprint density at radius 1 is 0.973 bits per heavy atom. The predicted molar refractivity (Wildman–Crippen MR) is 149 cm³/mol. The highest BCUT2D eigenvalue weighted by Gasteiger charge is 2.34. The van der Waals surface area contributed by atoms with Crippen LogP contribution in [0.15, 0.2) is 42.5 Å². The van der Waals surface area contributed by atoms with Gasteiger partial charge in [0, 0.05) is 29.4 Å². The molecule has 6 nitrogen and oxygen atoms in total. The lowest BCUT2D eigenvalue weighted by atomic mass is 9.81. The Bertz CT molecular complexity index is 1310. The van der Waals surface area contributed by atoms with Crippen LogP contribution in [0.25, 0.3) is 21.9 Å². The molecule has 1 saturated carbocycles. The molecular weight excluding hydrogens is 508 g/mol.